The van der Waals surface area contributed by atoms with Crippen molar-refractivity contribution in [2.45, 2.75) is 0 Å². The van der Waals surface area contributed by atoms with E-state index in [1.165, 1.54) is 7.11 Å². The highest BCUT2D eigenvalue weighted by Crippen LogP contribution is 2.35. The Bertz CT molecular complexity index is 146. The Hall–Kier alpha value is 1.07. The highest BCUT2D eigenvalue weighted by atomic mass is 79.9. The molecule has 0 saturated heterocycles. The first-order chi connectivity index (χ1) is 5.68. The van der Waals surface area contributed by atoms with E-state index < -0.39 is 7.67 Å². The largest absolute Gasteiger partial charge is 0.340 e. The Morgan fingerprint density at radius 2 is 1.67 bits per heavy atom. The van der Waals surface area contributed by atoms with Gasteiger partial charge in [-0.15, -0.1) is 0 Å². The molecule has 0 amide bonds. The Kier molecular flexibility index (Phi) is 8.14. The molecular formula is C5H13Br2N2O2P. The predicted molar refractivity (Wildman–Crippen MR) is 58.2 cm³/mol. The van der Waals surface area contributed by atoms with Crippen molar-refractivity contribution in [3.8, 4) is 0 Å². The number of halogens is 2. The lowest BCUT2D eigenvalue weighted by molar-refractivity contribution is 0.373. The average molecular weight is 324 g/mol. The van der Waals surface area contributed by atoms with Crippen molar-refractivity contribution in [2.24, 2.45) is 0 Å². The van der Waals surface area contributed by atoms with Crippen LogP contribution in [0.4, 0.5) is 0 Å². The molecule has 0 fully saturated rings. The van der Waals surface area contributed by atoms with Crippen LogP contribution < -0.4 is 10.2 Å². The van der Waals surface area contributed by atoms with Gasteiger partial charge in [0, 0.05) is 30.9 Å². The zero-order valence-electron chi connectivity index (χ0n) is 6.85. The van der Waals surface area contributed by atoms with Crippen molar-refractivity contribution < 1.29 is 9.09 Å². The lowest BCUT2D eigenvalue weighted by Crippen LogP contribution is -2.26. The van der Waals surface area contributed by atoms with Crippen LogP contribution in [0.25, 0.3) is 0 Å². The molecular weight excluding hydrogens is 311 g/mol. The molecule has 0 saturated carbocycles. The monoisotopic (exact) mass is 322 g/mol. The van der Waals surface area contributed by atoms with Gasteiger partial charge in [-0.3, -0.25) is 4.57 Å². The molecule has 2 N–H and O–H groups in total. The average Bonchev–Trinajstić information content (AvgIpc) is 2.11. The highest BCUT2D eigenvalue weighted by Gasteiger charge is 2.18. The van der Waals surface area contributed by atoms with Gasteiger partial charge in [-0.25, -0.2) is 10.2 Å². The van der Waals surface area contributed by atoms with Crippen molar-refractivity contribution in [3.05, 3.63) is 0 Å². The van der Waals surface area contributed by atoms with E-state index in [4.69, 9.17) is 4.52 Å². The van der Waals surface area contributed by atoms with E-state index in [1.807, 2.05) is 0 Å². The minimum absolute atomic E-state index is 0.612. The first kappa shape index (κ1) is 13.1. The Morgan fingerprint density at radius 3 is 1.92 bits per heavy atom. The van der Waals surface area contributed by atoms with Gasteiger partial charge in [0.05, 0.1) is 0 Å². The molecule has 0 aliphatic heterocycles. The van der Waals surface area contributed by atoms with E-state index in [-0.39, 0.29) is 0 Å². The van der Waals surface area contributed by atoms with E-state index in [1.54, 1.807) is 0 Å². The number of nitrogens with one attached hydrogen (secondary N) is 2. The molecule has 0 aromatic carbocycles. The lowest BCUT2D eigenvalue weighted by Gasteiger charge is -2.16. The standard InChI is InChI=1S/C5H13Br2N2O2P/c1-11-12(10,8-4-2-6)9-5-3-7/h2-5H2,1H3,(H2,8,9,10). The Labute approximate surface area is 89.6 Å². The van der Waals surface area contributed by atoms with Crippen LogP contribution in [-0.2, 0) is 9.09 Å². The van der Waals surface area contributed by atoms with Gasteiger partial charge in [0.15, 0.2) is 0 Å². The quantitative estimate of drug-likeness (QED) is 0.553. The summed E-state index contributed by atoms with van der Waals surface area (Å²) in [5.41, 5.74) is 0. The van der Waals surface area contributed by atoms with Crippen LogP contribution in [0.15, 0.2) is 0 Å². The maximum Gasteiger partial charge on any atom is 0.340 e. The van der Waals surface area contributed by atoms with Gasteiger partial charge >= 0.3 is 7.67 Å². The summed E-state index contributed by atoms with van der Waals surface area (Å²) in [5.74, 6) is 0. The zero-order valence-corrected chi connectivity index (χ0v) is 10.9. The van der Waals surface area contributed by atoms with Gasteiger partial charge < -0.3 is 4.52 Å². The van der Waals surface area contributed by atoms with Crippen molar-refractivity contribution in [2.75, 3.05) is 30.9 Å². The van der Waals surface area contributed by atoms with Crippen LogP contribution in [0.2, 0.25) is 0 Å². The minimum atomic E-state index is -2.79. The SMILES string of the molecule is COP(=O)(NCCBr)NCCBr. The van der Waals surface area contributed by atoms with Crippen molar-refractivity contribution in [3.63, 3.8) is 0 Å². The fraction of sp³-hybridized carbons (Fsp3) is 1.00. The topological polar surface area (TPSA) is 50.4 Å². The van der Waals surface area contributed by atoms with Crippen LogP contribution in [0, 0.1) is 0 Å². The fourth-order valence-electron chi connectivity index (χ4n) is 0.564. The van der Waals surface area contributed by atoms with E-state index in [0.29, 0.717) is 13.1 Å². The van der Waals surface area contributed by atoms with Gasteiger partial charge in [-0.1, -0.05) is 31.9 Å². The van der Waals surface area contributed by atoms with Gasteiger partial charge in [0.2, 0.25) is 0 Å². The van der Waals surface area contributed by atoms with Gasteiger partial charge in [0.1, 0.15) is 0 Å². The van der Waals surface area contributed by atoms with Crippen LogP contribution in [0.5, 0.6) is 0 Å². The van der Waals surface area contributed by atoms with E-state index in [9.17, 15) is 4.57 Å². The van der Waals surface area contributed by atoms with Crippen LogP contribution >= 0.6 is 39.5 Å². The summed E-state index contributed by atoms with van der Waals surface area (Å²) >= 11 is 6.45. The molecule has 0 heterocycles. The zero-order chi connectivity index (χ0) is 9.45. The normalized spacial score (nSPS) is 11.9. The number of alkyl halides is 2. The molecule has 74 valence electrons. The molecule has 0 radical (unpaired) electrons. The van der Waals surface area contributed by atoms with Crippen molar-refractivity contribution in [1.29, 1.82) is 0 Å². The molecule has 0 rings (SSSR count). The summed E-state index contributed by atoms with van der Waals surface area (Å²) < 4.78 is 16.4. The molecule has 0 atom stereocenters. The number of hydrogen-bond donors (Lipinski definition) is 2. The second-order valence-corrected chi connectivity index (χ2v) is 5.61. The molecule has 0 aromatic heterocycles. The third-order valence-corrected chi connectivity index (χ3v) is 3.67. The molecule has 0 spiro atoms. The van der Waals surface area contributed by atoms with Crippen LogP contribution in [-0.4, -0.2) is 30.9 Å². The van der Waals surface area contributed by atoms with E-state index in [0.717, 1.165) is 10.7 Å². The number of rotatable bonds is 7. The van der Waals surface area contributed by atoms with Gasteiger partial charge in [-0.2, -0.15) is 0 Å². The molecule has 0 aromatic rings. The molecule has 0 bridgehead atoms. The summed E-state index contributed by atoms with van der Waals surface area (Å²) in [5, 5.41) is 7.06. The van der Waals surface area contributed by atoms with E-state index in [2.05, 4.69) is 42.0 Å². The van der Waals surface area contributed by atoms with Crippen LogP contribution in [0.3, 0.4) is 0 Å². The van der Waals surface area contributed by atoms with Crippen molar-refractivity contribution in [1.82, 2.24) is 10.2 Å². The summed E-state index contributed by atoms with van der Waals surface area (Å²) in [6.07, 6.45) is 0. The summed E-state index contributed by atoms with van der Waals surface area (Å²) in [7, 11) is -1.37. The summed E-state index contributed by atoms with van der Waals surface area (Å²) in [4.78, 5) is 0. The first-order valence-electron chi connectivity index (χ1n) is 3.46. The first-order valence-corrected chi connectivity index (χ1v) is 7.33. The highest BCUT2D eigenvalue weighted by molar-refractivity contribution is 9.09. The summed E-state index contributed by atoms with van der Waals surface area (Å²) in [6.45, 7) is 1.22. The third-order valence-electron chi connectivity index (χ3n) is 1.09. The Morgan fingerprint density at radius 1 is 1.25 bits per heavy atom. The molecule has 7 heteroatoms. The van der Waals surface area contributed by atoms with Gasteiger partial charge in [-0.05, 0) is 0 Å². The maximum absolute atomic E-state index is 11.6. The lowest BCUT2D eigenvalue weighted by atomic mass is 10.8. The van der Waals surface area contributed by atoms with Crippen LogP contribution in [0.1, 0.15) is 0 Å². The fourth-order valence-corrected chi connectivity index (χ4v) is 2.76. The Balaban J connectivity index is 3.79. The second-order valence-electron chi connectivity index (χ2n) is 1.93. The molecule has 0 aliphatic carbocycles. The second kappa shape index (κ2) is 7.47. The molecule has 0 unspecified atom stereocenters. The molecule has 12 heavy (non-hydrogen) atoms. The maximum atomic E-state index is 11.6. The minimum Gasteiger partial charge on any atom is -0.310 e. The smallest absolute Gasteiger partial charge is 0.310 e. The number of hydrogen-bond acceptors (Lipinski definition) is 2. The molecule has 4 nitrogen and oxygen atoms in total. The molecule has 0 aliphatic rings. The summed E-state index contributed by atoms with van der Waals surface area (Å²) in [6, 6.07) is 0. The predicted octanol–water partition coefficient (Wildman–Crippen LogP) is 1.71. The van der Waals surface area contributed by atoms with Gasteiger partial charge in [0.25, 0.3) is 0 Å². The van der Waals surface area contributed by atoms with E-state index >= 15 is 0 Å². The third kappa shape index (κ3) is 5.67. The van der Waals surface area contributed by atoms with Crippen molar-refractivity contribution >= 4 is 39.5 Å².